The van der Waals surface area contributed by atoms with Crippen LogP contribution in [0.15, 0.2) is 18.2 Å². The molecule has 0 aliphatic rings. The molecule has 1 rings (SSSR count). The Hall–Kier alpha value is -1.02. The molecule has 0 aliphatic heterocycles. The van der Waals surface area contributed by atoms with E-state index in [1.165, 1.54) is 11.1 Å². The number of ether oxygens (including phenoxy) is 1. The summed E-state index contributed by atoms with van der Waals surface area (Å²) in [7, 11) is 3.69. The molecule has 0 spiro atoms. The predicted molar refractivity (Wildman–Crippen MR) is 60.0 cm³/mol. The van der Waals surface area contributed by atoms with Crippen molar-refractivity contribution in [3.63, 3.8) is 0 Å². The number of benzene rings is 1. The van der Waals surface area contributed by atoms with Crippen LogP contribution in [0.5, 0.6) is 5.75 Å². The molecule has 1 N–H and O–H groups in total. The second-order valence-corrected chi connectivity index (χ2v) is 3.34. The van der Waals surface area contributed by atoms with Gasteiger partial charge in [-0.3, -0.25) is 0 Å². The van der Waals surface area contributed by atoms with Crippen molar-refractivity contribution in [1.29, 1.82) is 0 Å². The molecule has 0 heterocycles. The summed E-state index contributed by atoms with van der Waals surface area (Å²) < 4.78 is 5.21. The molecule has 1 aromatic carbocycles. The van der Waals surface area contributed by atoms with Gasteiger partial charge in [-0.2, -0.15) is 0 Å². The van der Waals surface area contributed by atoms with E-state index in [0.717, 1.165) is 25.1 Å². The van der Waals surface area contributed by atoms with Gasteiger partial charge in [-0.1, -0.05) is 13.0 Å². The maximum Gasteiger partial charge on any atom is 0.119 e. The van der Waals surface area contributed by atoms with Crippen molar-refractivity contribution in [3.8, 4) is 5.75 Å². The van der Waals surface area contributed by atoms with Crippen molar-refractivity contribution in [2.24, 2.45) is 0 Å². The van der Waals surface area contributed by atoms with Crippen LogP contribution in [0, 0.1) is 0 Å². The van der Waals surface area contributed by atoms with Gasteiger partial charge in [-0.15, -0.1) is 0 Å². The Balaban J connectivity index is 2.84. The standard InChI is InChI=1S/C12H19NO/c1-4-10-5-6-12(14-3)9-11(10)7-8-13-2/h5-6,9,13H,4,7-8H2,1-3H3. The van der Waals surface area contributed by atoms with Gasteiger partial charge < -0.3 is 10.1 Å². The average Bonchev–Trinajstić information content (AvgIpc) is 2.25. The molecular formula is C12H19NO. The second-order valence-electron chi connectivity index (χ2n) is 3.34. The first-order chi connectivity index (χ1) is 6.81. The Morgan fingerprint density at radius 1 is 1.29 bits per heavy atom. The van der Waals surface area contributed by atoms with E-state index in [1.54, 1.807) is 7.11 Å². The molecule has 0 fully saturated rings. The maximum atomic E-state index is 5.21. The molecule has 0 saturated heterocycles. The van der Waals surface area contributed by atoms with Crippen molar-refractivity contribution in [2.45, 2.75) is 19.8 Å². The Morgan fingerprint density at radius 3 is 2.64 bits per heavy atom. The summed E-state index contributed by atoms with van der Waals surface area (Å²) in [6.07, 6.45) is 2.15. The highest BCUT2D eigenvalue weighted by Gasteiger charge is 2.02. The van der Waals surface area contributed by atoms with Crippen molar-refractivity contribution in [1.82, 2.24) is 5.32 Å². The second kappa shape index (κ2) is 5.66. The van der Waals surface area contributed by atoms with Crippen LogP contribution in [0.1, 0.15) is 18.1 Å². The predicted octanol–water partition coefficient (Wildman–Crippen LogP) is 2.02. The number of hydrogen-bond acceptors (Lipinski definition) is 2. The zero-order valence-electron chi connectivity index (χ0n) is 9.26. The molecule has 14 heavy (non-hydrogen) atoms. The van der Waals surface area contributed by atoms with Gasteiger partial charge in [0.15, 0.2) is 0 Å². The van der Waals surface area contributed by atoms with Gasteiger partial charge in [0.25, 0.3) is 0 Å². The molecule has 0 saturated carbocycles. The summed E-state index contributed by atoms with van der Waals surface area (Å²) in [5.41, 5.74) is 2.81. The van der Waals surface area contributed by atoms with Gasteiger partial charge in [0.05, 0.1) is 7.11 Å². The molecule has 2 heteroatoms. The summed E-state index contributed by atoms with van der Waals surface area (Å²) in [6, 6.07) is 6.32. The molecule has 0 unspecified atom stereocenters. The van der Waals surface area contributed by atoms with E-state index in [0.29, 0.717) is 0 Å². The van der Waals surface area contributed by atoms with Crippen LogP contribution in [0.4, 0.5) is 0 Å². The van der Waals surface area contributed by atoms with Crippen LogP contribution in [-0.4, -0.2) is 20.7 Å². The fraction of sp³-hybridized carbons (Fsp3) is 0.500. The van der Waals surface area contributed by atoms with Crippen LogP contribution in [0.25, 0.3) is 0 Å². The van der Waals surface area contributed by atoms with Crippen molar-refractivity contribution < 1.29 is 4.74 Å². The zero-order chi connectivity index (χ0) is 10.4. The smallest absolute Gasteiger partial charge is 0.119 e. The van der Waals surface area contributed by atoms with Gasteiger partial charge in [-0.25, -0.2) is 0 Å². The molecular weight excluding hydrogens is 174 g/mol. The van der Waals surface area contributed by atoms with E-state index < -0.39 is 0 Å². The molecule has 0 aliphatic carbocycles. The summed E-state index contributed by atoms with van der Waals surface area (Å²) in [4.78, 5) is 0. The number of hydrogen-bond donors (Lipinski definition) is 1. The third-order valence-corrected chi connectivity index (χ3v) is 2.44. The van der Waals surface area contributed by atoms with Crippen molar-refractivity contribution in [3.05, 3.63) is 29.3 Å². The van der Waals surface area contributed by atoms with E-state index >= 15 is 0 Å². The first kappa shape index (κ1) is 11.1. The number of rotatable bonds is 5. The van der Waals surface area contributed by atoms with Crippen LogP contribution in [0.3, 0.4) is 0 Å². The number of nitrogens with one attached hydrogen (secondary N) is 1. The van der Waals surface area contributed by atoms with Gasteiger partial charge >= 0.3 is 0 Å². The SMILES string of the molecule is CCc1ccc(OC)cc1CCNC. The lowest BCUT2D eigenvalue weighted by Gasteiger charge is -2.09. The quantitative estimate of drug-likeness (QED) is 0.772. The molecule has 2 nitrogen and oxygen atoms in total. The molecule has 0 atom stereocenters. The van der Waals surface area contributed by atoms with E-state index in [9.17, 15) is 0 Å². The average molecular weight is 193 g/mol. The molecule has 0 bridgehead atoms. The highest BCUT2D eigenvalue weighted by Crippen LogP contribution is 2.18. The molecule has 1 aromatic rings. The van der Waals surface area contributed by atoms with E-state index in [4.69, 9.17) is 4.74 Å². The fourth-order valence-electron chi connectivity index (χ4n) is 1.57. The van der Waals surface area contributed by atoms with E-state index in [-0.39, 0.29) is 0 Å². The molecule has 78 valence electrons. The van der Waals surface area contributed by atoms with Crippen LogP contribution < -0.4 is 10.1 Å². The summed E-state index contributed by atoms with van der Waals surface area (Å²) >= 11 is 0. The molecule has 0 amide bonds. The lowest BCUT2D eigenvalue weighted by atomic mass is 10.0. The monoisotopic (exact) mass is 193 g/mol. The third-order valence-electron chi connectivity index (χ3n) is 2.44. The minimum Gasteiger partial charge on any atom is -0.497 e. The maximum absolute atomic E-state index is 5.21. The number of methoxy groups -OCH3 is 1. The lowest BCUT2D eigenvalue weighted by molar-refractivity contribution is 0.414. The van der Waals surface area contributed by atoms with Gasteiger partial charge in [0.1, 0.15) is 5.75 Å². The van der Waals surface area contributed by atoms with Crippen LogP contribution >= 0.6 is 0 Å². The molecule has 0 radical (unpaired) electrons. The highest BCUT2D eigenvalue weighted by atomic mass is 16.5. The Labute approximate surface area is 86.3 Å². The van der Waals surface area contributed by atoms with Crippen LogP contribution in [-0.2, 0) is 12.8 Å². The van der Waals surface area contributed by atoms with E-state index in [1.807, 2.05) is 13.1 Å². The highest BCUT2D eigenvalue weighted by molar-refractivity contribution is 5.35. The van der Waals surface area contributed by atoms with Crippen LogP contribution in [0.2, 0.25) is 0 Å². The van der Waals surface area contributed by atoms with Crippen molar-refractivity contribution >= 4 is 0 Å². The number of likely N-dealkylation sites (N-methyl/N-ethyl adjacent to an activating group) is 1. The topological polar surface area (TPSA) is 21.3 Å². The summed E-state index contributed by atoms with van der Waals surface area (Å²) in [6.45, 7) is 3.20. The minimum absolute atomic E-state index is 0.952. The fourth-order valence-corrected chi connectivity index (χ4v) is 1.57. The number of aryl methyl sites for hydroxylation is 1. The van der Waals surface area contributed by atoms with E-state index in [2.05, 4.69) is 24.4 Å². The normalized spacial score (nSPS) is 10.2. The first-order valence-electron chi connectivity index (χ1n) is 5.12. The Kier molecular flexibility index (Phi) is 4.47. The minimum atomic E-state index is 0.952. The van der Waals surface area contributed by atoms with Gasteiger partial charge in [0, 0.05) is 0 Å². The van der Waals surface area contributed by atoms with Gasteiger partial charge in [-0.05, 0) is 49.7 Å². The lowest BCUT2D eigenvalue weighted by Crippen LogP contribution is -2.11. The largest absolute Gasteiger partial charge is 0.497 e. The Bertz CT molecular complexity index is 284. The summed E-state index contributed by atoms with van der Waals surface area (Å²) in [5, 5.41) is 3.16. The van der Waals surface area contributed by atoms with Gasteiger partial charge in [0.2, 0.25) is 0 Å². The Morgan fingerprint density at radius 2 is 2.07 bits per heavy atom. The molecule has 0 aromatic heterocycles. The summed E-state index contributed by atoms with van der Waals surface area (Å²) in [5.74, 6) is 0.952. The van der Waals surface area contributed by atoms with Crippen molar-refractivity contribution in [2.75, 3.05) is 20.7 Å². The zero-order valence-corrected chi connectivity index (χ0v) is 9.26. The first-order valence-corrected chi connectivity index (χ1v) is 5.12. The third kappa shape index (κ3) is 2.74.